The molecule has 0 bridgehead atoms. The van der Waals surface area contributed by atoms with E-state index in [1.165, 1.54) is 0 Å². The maximum Gasteiger partial charge on any atom is 0.256 e. The number of pyridine rings is 1. The van der Waals surface area contributed by atoms with Crippen molar-refractivity contribution < 1.29 is 0 Å². The third-order valence-corrected chi connectivity index (χ3v) is 5.49. The monoisotopic (exact) mass is 359 g/mol. The molecule has 1 aromatic carbocycles. The SMILES string of the molecule is Cc1c(C#N)c(N2CCc3nc(C)n(C)c(=O)c3CC2)nc2ccccc12. The number of aryl methyl sites for hydroxylation is 2. The highest BCUT2D eigenvalue weighted by molar-refractivity contribution is 5.87. The van der Waals surface area contributed by atoms with Crippen LogP contribution in [0.25, 0.3) is 10.9 Å². The molecule has 1 aliphatic rings. The molecule has 0 amide bonds. The predicted octanol–water partition coefficient (Wildman–Crippen LogP) is 2.42. The largest absolute Gasteiger partial charge is 0.355 e. The number of para-hydroxylation sites is 1. The van der Waals surface area contributed by atoms with E-state index in [0.717, 1.165) is 33.5 Å². The first-order valence-corrected chi connectivity index (χ1v) is 9.11. The Kier molecular flexibility index (Phi) is 4.15. The van der Waals surface area contributed by atoms with Crippen LogP contribution in [0.2, 0.25) is 0 Å². The Morgan fingerprint density at radius 1 is 1.11 bits per heavy atom. The molecule has 6 heteroatoms. The highest BCUT2D eigenvalue weighted by atomic mass is 16.1. The van der Waals surface area contributed by atoms with E-state index in [1.54, 1.807) is 11.6 Å². The van der Waals surface area contributed by atoms with Crippen molar-refractivity contribution in [1.82, 2.24) is 14.5 Å². The molecule has 0 N–H and O–H groups in total. The first kappa shape index (κ1) is 17.2. The zero-order chi connectivity index (χ0) is 19.1. The molecule has 0 atom stereocenters. The van der Waals surface area contributed by atoms with Gasteiger partial charge in [-0.2, -0.15) is 5.26 Å². The number of nitrogens with zero attached hydrogens (tertiary/aromatic N) is 5. The molecular weight excluding hydrogens is 338 g/mol. The lowest BCUT2D eigenvalue weighted by molar-refractivity contribution is 0.736. The predicted molar refractivity (Wildman–Crippen MR) is 105 cm³/mol. The lowest BCUT2D eigenvalue weighted by atomic mass is 10.0. The highest BCUT2D eigenvalue weighted by Gasteiger charge is 2.23. The number of aromatic nitrogens is 3. The second kappa shape index (κ2) is 6.51. The topological polar surface area (TPSA) is 74.8 Å². The van der Waals surface area contributed by atoms with Crippen LogP contribution >= 0.6 is 0 Å². The molecule has 0 aliphatic carbocycles. The fourth-order valence-corrected chi connectivity index (χ4v) is 3.80. The molecular formula is C21H21N5O. The van der Waals surface area contributed by atoms with Crippen molar-refractivity contribution in [2.45, 2.75) is 26.7 Å². The van der Waals surface area contributed by atoms with Crippen LogP contribution in [-0.4, -0.2) is 27.6 Å². The summed E-state index contributed by atoms with van der Waals surface area (Å²) in [7, 11) is 1.76. The normalized spacial score (nSPS) is 13.9. The summed E-state index contributed by atoms with van der Waals surface area (Å²) in [6.45, 7) is 5.16. The van der Waals surface area contributed by atoms with Gasteiger partial charge in [-0.25, -0.2) is 9.97 Å². The third kappa shape index (κ3) is 2.76. The number of fused-ring (bicyclic) bond motifs is 2. The number of nitriles is 1. The third-order valence-electron chi connectivity index (χ3n) is 5.49. The molecule has 6 nitrogen and oxygen atoms in total. The van der Waals surface area contributed by atoms with Crippen LogP contribution < -0.4 is 10.5 Å². The Labute approximate surface area is 157 Å². The van der Waals surface area contributed by atoms with Gasteiger partial charge in [0.2, 0.25) is 0 Å². The number of hydrogen-bond donors (Lipinski definition) is 0. The van der Waals surface area contributed by atoms with Gasteiger partial charge in [0.05, 0.1) is 16.8 Å². The van der Waals surface area contributed by atoms with E-state index in [2.05, 4.69) is 16.0 Å². The Bertz CT molecular complexity index is 1160. The minimum atomic E-state index is 0.0301. The van der Waals surface area contributed by atoms with Gasteiger partial charge in [-0.15, -0.1) is 0 Å². The van der Waals surface area contributed by atoms with Gasteiger partial charge in [-0.3, -0.25) is 9.36 Å². The van der Waals surface area contributed by atoms with Gasteiger partial charge in [-0.1, -0.05) is 18.2 Å². The summed E-state index contributed by atoms with van der Waals surface area (Å²) in [6, 6.07) is 10.2. The van der Waals surface area contributed by atoms with E-state index in [1.807, 2.05) is 38.1 Å². The Hall–Kier alpha value is -3.20. The van der Waals surface area contributed by atoms with Gasteiger partial charge in [-0.05, 0) is 31.9 Å². The Balaban J connectivity index is 1.79. The molecule has 4 rings (SSSR count). The number of benzene rings is 1. The van der Waals surface area contributed by atoms with E-state index < -0.39 is 0 Å². The van der Waals surface area contributed by atoms with E-state index in [0.29, 0.717) is 37.3 Å². The first-order valence-electron chi connectivity index (χ1n) is 9.11. The molecule has 3 aromatic rings. The van der Waals surface area contributed by atoms with E-state index >= 15 is 0 Å². The quantitative estimate of drug-likeness (QED) is 0.667. The lowest BCUT2D eigenvalue weighted by Crippen LogP contribution is -2.29. The summed E-state index contributed by atoms with van der Waals surface area (Å²) >= 11 is 0. The zero-order valence-electron chi connectivity index (χ0n) is 15.8. The molecule has 0 saturated heterocycles. The highest BCUT2D eigenvalue weighted by Crippen LogP contribution is 2.29. The molecule has 1 aliphatic heterocycles. The molecule has 0 radical (unpaired) electrons. The van der Waals surface area contributed by atoms with Crippen molar-refractivity contribution in [3.63, 3.8) is 0 Å². The molecule has 27 heavy (non-hydrogen) atoms. The molecule has 0 spiro atoms. The second-order valence-corrected chi connectivity index (χ2v) is 7.00. The lowest BCUT2D eigenvalue weighted by Gasteiger charge is -2.23. The van der Waals surface area contributed by atoms with Crippen LogP contribution in [0, 0.1) is 25.2 Å². The van der Waals surface area contributed by atoms with Crippen molar-refractivity contribution in [3.8, 4) is 6.07 Å². The fourth-order valence-electron chi connectivity index (χ4n) is 3.80. The summed E-state index contributed by atoms with van der Waals surface area (Å²) < 4.78 is 1.60. The van der Waals surface area contributed by atoms with Crippen LogP contribution in [0.3, 0.4) is 0 Å². The summed E-state index contributed by atoms with van der Waals surface area (Å²) in [6.07, 6.45) is 1.28. The average molecular weight is 359 g/mol. The van der Waals surface area contributed by atoms with Crippen LogP contribution in [0.5, 0.6) is 0 Å². The standard InChI is InChI=1S/C21H21N5O/c1-13-15-6-4-5-7-18(15)24-20(17(13)12-22)26-10-8-16-19(9-11-26)23-14(2)25(3)21(16)27/h4-7H,8-11H2,1-3H3. The van der Waals surface area contributed by atoms with E-state index in [-0.39, 0.29) is 5.56 Å². The van der Waals surface area contributed by atoms with Crippen molar-refractivity contribution in [2.24, 2.45) is 7.05 Å². The van der Waals surface area contributed by atoms with Crippen molar-refractivity contribution in [2.75, 3.05) is 18.0 Å². The van der Waals surface area contributed by atoms with E-state index in [9.17, 15) is 10.1 Å². The van der Waals surface area contributed by atoms with Gasteiger partial charge in [0.15, 0.2) is 0 Å². The smallest absolute Gasteiger partial charge is 0.256 e. The van der Waals surface area contributed by atoms with Gasteiger partial charge in [0.25, 0.3) is 5.56 Å². The number of hydrogen-bond acceptors (Lipinski definition) is 5. The summed E-state index contributed by atoms with van der Waals surface area (Å²) in [5.41, 5.74) is 4.12. The molecule has 136 valence electrons. The summed E-state index contributed by atoms with van der Waals surface area (Å²) in [4.78, 5) is 24.2. The van der Waals surface area contributed by atoms with Crippen LogP contribution in [0.15, 0.2) is 29.1 Å². The maximum absolute atomic E-state index is 12.6. The molecule has 2 aromatic heterocycles. The van der Waals surface area contributed by atoms with E-state index in [4.69, 9.17) is 4.98 Å². The second-order valence-electron chi connectivity index (χ2n) is 7.00. The molecule has 0 fully saturated rings. The Morgan fingerprint density at radius 2 is 1.85 bits per heavy atom. The van der Waals surface area contributed by atoms with Crippen LogP contribution in [-0.2, 0) is 19.9 Å². The van der Waals surface area contributed by atoms with Gasteiger partial charge in [0.1, 0.15) is 17.7 Å². The van der Waals surface area contributed by atoms with Gasteiger partial charge in [0, 0.05) is 37.5 Å². The number of anilines is 1. The van der Waals surface area contributed by atoms with Gasteiger partial charge < -0.3 is 4.90 Å². The first-order chi connectivity index (χ1) is 13.0. The minimum Gasteiger partial charge on any atom is -0.355 e. The van der Waals surface area contributed by atoms with Crippen LogP contribution in [0.1, 0.15) is 28.2 Å². The zero-order valence-corrected chi connectivity index (χ0v) is 15.8. The molecule has 0 saturated carbocycles. The van der Waals surface area contributed by atoms with Crippen molar-refractivity contribution in [1.29, 1.82) is 5.26 Å². The Morgan fingerprint density at radius 3 is 2.63 bits per heavy atom. The molecule has 3 heterocycles. The summed E-state index contributed by atoms with van der Waals surface area (Å²) in [5.74, 6) is 1.43. The van der Waals surface area contributed by atoms with Crippen LogP contribution in [0.4, 0.5) is 5.82 Å². The maximum atomic E-state index is 12.6. The van der Waals surface area contributed by atoms with Crippen molar-refractivity contribution in [3.05, 3.63) is 62.8 Å². The average Bonchev–Trinajstić information content (AvgIpc) is 2.89. The van der Waals surface area contributed by atoms with Gasteiger partial charge >= 0.3 is 0 Å². The summed E-state index contributed by atoms with van der Waals surface area (Å²) in [5, 5.41) is 10.8. The fraction of sp³-hybridized carbons (Fsp3) is 0.333. The number of rotatable bonds is 1. The minimum absolute atomic E-state index is 0.0301. The van der Waals surface area contributed by atoms with Crippen molar-refractivity contribution >= 4 is 16.7 Å². The molecule has 0 unspecified atom stereocenters.